The van der Waals surface area contributed by atoms with Crippen LogP contribution in [0.2, 0.25) is 0 Å². The van der Waals surface area contributed by atoms with Crippen LogP contribution in [0.5, 0.6) is 0 Å². The number of aromatic nitrogens is 4. The Hall–Kier alpha value is -1.26. The fourth-order valence-electron chi connectivity index (χ4n) is 1.58. The number of rotatable bonds is 1. The molecule has 0 bridgehead atoms. The second kappa shape index (κ2) is 2.66. The maximum absolute atomic E-state index is 11.2. The van der Waals surface area contributed by atoms with E-state index in [1.54, 1.807) is 11.6 Å². The van der Waals surface area contributed by atoms with Crippen LogP contribution in [0.1, 0.15) is 31.5 Å². The summed E-state index contributed by atoms with van der Waals surface area (Å²) in [5, 5.41) is 11.2. The standard InChI is InChI=1S/C7H10N4O/c1-5(12)6-3-2-4-11-7(6)8-9-10-11/h6H,2-4H2,1H3. The van der Waals surface area contributed by atoms with Crippen molar-refractivity contribution in [2.75, 3.05) is 0 Å². The molecule has 64 valence electrons. The van der Waals surface area contributed by atoms with E-state index in [1.165, 1.54) is 0 Å². The second-order valence-corrected chi connectivity index (χ2v) is 3.07. The first-order valence-corrected chi connectivity index (χ1v) is 4.05. The summed E-state index contributed by atoms with van der Waals surface area (Å²) in [6.45, 7) is 2.43. The topological polar surface area (TPSA) is 60.7 Å². The lowest BCUT2D eigenvalue weighted by atomic mass is 9.96. The van der Waals surface area contributed by atoms with Crippen molar-refractivity contribution in [1.29, 1.82) is 0 Å². The Balaban J connectivity index is 2.37. The van der Waals surface area contributed by atoms with Crippen molar-refractivity contribution in [2.24, 2.45) is 0 Å². The Morgan fingerprint density at radius 2 is 2.50 bits per heavy atom. The molecule has 0 spiro atoms. The third-order valence-corrected chi connectivity index (χ3v) is 2.22. The largest absolute Gasteiger partial charge is 0.299 e. The second-order valence-electron chi connectivity index (χ2n) is 3.07. The Morgan fingerprint density at radius 3 is 3.25 bits per heavy atom. The number of ketones is 1. The van der Waals surface area contributed by atoms with Gasteiger partial charge in [-0.2, -0.15) is 0 Å². The van der Waals surface area contributed by atoms with Gasteiger partial charge in [-0.05, 0) is 30.2 Å². The van der Waals surface area contributed by atoms with Crippen LogP contribution in [-0.2, 0) is 11.3 Å². The molecule has 5 heteroatoms. The molecular formula is C7H10N4O. The van der Waals surface area contributed by atoms with Crippen molar-refractivity contribution >= 4 is 5.78 Å². The van der Waals surface area contributed by atoms with E-state index in [1.807, 2.05) is 0 Å². The van der Waals surface area contributed by atoms with Gasteiger partial charge in [-0.1, -0.05) is 0 Å². The van der Waals surface area contributed by atoms with Gasteiger partial charge in [-0.25, -0.2) is 4.68 Å². The van der Waals surface area contributed by atoms with Gasteiger partial charge < -0.3 is 0 Å². The highest BCUT2D eigenvalue weighted by Crippen LogP contribution is 2.24. The average Bonchev–Trinajstić information content (AvgIpc) is 2.49. The highest BCUT2D eigenvalue weighted by Gasteiger charge is 2.26. The number of Topliss-reactive ketones (excluding diaryl/α,β-unsaturated/α-hetero) is 1. The van der Waals surface area contributed by atoms with E-state index in [0.717, 1.165) is 25.2 Å². The number of hydrogen-bond donors (Lipinski definition) is 0. The number of carbonyl (C=O) groups is 1. The molecule has 1 unspecified atom stereocenters. The zero-order valence-corrected chi connectivity index (χ0v) is 6.90. The minimum atomic E-state index is -0.0752. The number of carbonyl (C=O) groups excluding carboxylic acids is 1. The summed E-state index contributed by atoms with van der Waals surface area (Å²) < 4.78 is 1.72. The molecule has 12 heavy (non-hydrogen) atoms. The van der Waals surface area contributed by atoms with Crippen LogP contribution >= 0.6 is 0 Å². The fourth-order valence-corrected chi connectivity index (χ4v) is 1.58. The van der Waals surface area contributed by atoms with E-state index < -0.39 is 0 Å². The van der Waals surface area contributed by atoms with E-state index in [4.69, 9.17) is 0 Å². The van der Waals surface area contributed by atoms with Gasteiger partial charge in [0.05, 0.1) is 5.92 Å². The molecule has 0 saturated carbocycles. The quantitative estimate of drug-likeness (QED) is 0.595. The fraction of sp³-hybridized carbons (Fsp3) is 0.714. The summed E-state index contributed by atoms with van der Waals surface area (Å²) in [6.07, 6.45) is 1.87. The zero-order chi connectivity index (χ0) is 8.55. The molecule has 0 fully saturated rings. The van der Waals surface area contributed by atoms with Crippen LogP contribution in [0.25, 0.3) is 0 Å². The smallest absolute Gasteiger partial charge is 0.161 e. The molecule has 1 aliphatic heterocycles. The van der Waals surface area contributed by atoms with Crippen LogP contribution in [0.3, 0.4) is 0 Å². The summed E-state index contributed by atoms with van der Waals surface area (Å²) >= 11 is 0. The third kappa shape index (κ3) is 1.01. The molecule has 0 saturated heterocycles. The molecule has 5 nitrogen and oxygen atoms in total. The van der Waals surface area contributed by atoms with Crippen molar-refractivity contribution in [3.8, 4) is 0 Å². The van der Waals surface area contributed by atoms with Crippen molar-refractivity contribution < 1.29 is 4.79 Å². The van der Waals surface area contributed by atoms with Crippen LogP contribution in [0.15, 0.2) is 0 Å². The van der Waals surface area contributed by atoms with Gasteiger partial charge in [-0.15, -0.1) is 5.10 Å². The van der Waals surface area contributed by atoms with E-state index in [9.17, 15) is 4.79 Å². The van der Waals surface area contributed by atoms with Gasteiger partial charge in [0.25, 0.3) is 0 Å². The molecule has 1 atom stereocenters. The van der Waals surface area contributed by atoms with E-state index in [2.05, 4.69) is 15.5 Å². The summed E-state index contributed by atoms with van der Waals surface area (Å²) in [4.78, 5) is 11.2. The predicted molar refractivity (Wildman–Crippen MR) is 40.5 cm³/mol. The maximum atomic E-state index is 11.2. The molecule has 0 amide bonds. The minimum absolute atomic E-state index is 0.0752. The van der Waals surface area contributed by atoms with Gasteiger partial charge in [-0.3, -0.25) is 4.79 Å². The molecule has 0 aromatic carbocycles. The highest BCUT2D eigenvalue weighted by atomic mass is 16.1. The number of fused-ring (bicyclic) bond motifs is 1. The van der Waals surface area contributed by atoms with Crippen molar-refractivity contribution in [3.63, 3.8) is 0 Å². The van der Waals surface area contributed by atoms with Crippen molar-refractivity contribution in [3.05, 3.63) is 5.82 Å². The van der Waals surface area contributed by atoms with Crippen molar-refractivity contribution in [1.82, 2.24) is 20.2 Å². The molecule has 0 aliphatic carbocycles. The van der Waals surface area contributed by atoms with Crippen LogP contribution in [0, 0.1) is 0 Å². The number of tetrazole rings is 1. The molecule has 1 aromatic heterocycles. The number of aryl methyl sites for hydroxylation is 1. The minimum Gasteiger partial charge on any atom is -0.299 e. The first-order valence-electron chi connectivity index (χ1n) is 4.05. The first-order chi connectivity index (χ1) is 5.79. The monoisotopic (exact) mass is 166 g/mol. The summed E-state index contributed by atoms with van der Waals surface area (Å²) in [5.74, 6) is 0.813. The molecule has 0 N–H and O–H groups in total. The van der Waals surface area contributed by atoms with Crippen LogP contribution < -0.4 is 0 Å². The predicted octanol–water partition coefficient (Wildman–Crippen LogP) is 0.139. The van der Waals surface area contributed by atoms with Crippen molar-refractivity contribution in [2.45, 2.75) is 32.2 Å². The van der Waals surface area contributed by atoms with Crippen LogP contribution in [-0.4, -0.2) is 26.0 Å². The number of nitrogens with zero attached hydrogens (tertiary/aromatic N) is 4. The maximum Gasteiger partial charge on any atom is 0.161 e. The summed E-state index contributed by atoms with van der Waals surface area (Å²) in [7, 11) is 0. The Morgan fingerprint density at radius 1 is 1.67 bits per heavy atom. The van der Waals surface area contributed by atoms with Crippen LogP contribution in [0.4, 0.5) is 0 Å². The van der Waals surface area contributed by atoms with Gasteiger partial charge in [0, 0.05) is 6.54 Å². The normalized spacial score (nSPS) is 21.9. The Bertz CT molecular complexity index is 306. The molecule has 2 rings (SSSR count). The lowest BCUT2D eigenvalue weighted by Crippen LogP contribution is -2.21. The summed E-state index contributed by atoms with van der Waals surface area (Å²) in [5.41, 5.74) is 0. The highest BCUT2D eigenvalue weighted by molar-refractivity contribution is 5.82. The number of hydrogen-bond acceptors (Lipinski definition) is 4. The first kappa shape index (κ1) is 7.39. The molecule has 0 radical (unpaired) electrons. The molecule has 2 heterocycles. The third-order valence-electron chi connectivity index (χ3n) is 2.22. The van der Waals surface area contributed by atoms with E-state index in [-0.39, 0.29) is 11.7 Å². The lowest BCUT2D eigenvalue weighted by Gasteiger charge is -2.17. The lowest BCUT2D eigenvalue weighted by molar-refractivity contribution is -0.119. The molecule has 1 aliphatic rings. The van der Waals surface area contributed by atoms with Gasteiger partial charge in [0.15, 0.2) is 5.82 Å². The Labute approximate surface area is 69.8 Å². The Kier molecular flexibility index (Phi) is 1.64. The SMILES string of the molecule is CC(=O)C1CCCn2nnnc21. The van der Waals surface area contributed by atoms with Gasteiger partial charge >= 0.3 is 0 Å². The van der Waals surface area contributed by atoms with E-state index in [0.29, 0.717) is 0 Å². The van der Waals surface area contributed by atoms with Gasteiger partial charge in [0.1, 0.15) is 5.78 Å². The average molecular weight is 166 g/mol. The van der Waals surface area contributed by atoms with Gasteiger partial charge in [0.2, 0.25) is 0 Å². The summed E-state index contributed by atoms with van der Waals surface area (Å²) in [6, 6.07) is 0. The molecular weight excluding hydrogens is 156 g/mol. The van der Waals surface area contributed by atoms with E-state index >= 15 is 0 Å². The molecule has 1 aromatic rings. The zero-order valence-electron chi connectivity index (χ0n) is 6.90.